The average Bonchev–Trinajstić information content (AvgIpc) is 2.61. The van der Waals surface area contributed by atoms with E-state index in [0.717, 1.165) is 0 Å². The summed E-state index contributed by atoms with van der Waals surface area (Å²) >= 11 is 3.12. The van der Waals surface area contributed by atoms with Crippen LogP contribution in [-0.2, 0) is 14.8 Å². The number of amides is 1. The highest BCUT2D eigenvalue weighted by atomic mass is 79.9. The van der Waals surface area contributed by atoms with Crippen LogP contribution < -0.4 is 10.0 Å². The predicted octanol–water partition coefficient (Wildman–Crippen LogP) is -0.367. The van der Waals surface area contributed by atoms with Crippen LogP contribution in [0.4, 0.5) is 5.82 Å². The molecule has 1 atom stereocenters. The second-order valence-electron chi connectivity index (χ2n) is 3.63. The Kier molecular flexibility index (Phi) is 3.15. The molecule has 0 bridgehead atoms. The van der Waals surface area contributed by atoms with Crippen LogP contribution in [0.25, 0.3) is 0 Å². The summed E-state index contributed by atoms with van der Waals surface area (Å²) in [6.45, 7) is 0.0218. The van der Waals surface area contributed by atoms with Crippen LogP contribution in [0.5, 0.6) is 0 Å². The molecule has 17 heavy (non-hydrogen) atoms. The number of aromatic nitrogens is 2. The monoisotopic (exact) mass is 320 g/mol. The highest BCUT2D eigenvalue weighted by molar-refractivity contribution is 9.10. The molecule has 1 amide bonds. The van der Waals surface area contributed by atoms with E-state index in [2.05, 4.69) is 26.1 Å². The van der Waals surface area contributed by atoms with Crippen molar-refractivity contribution in [1.29, 1.82) is 0 Å². The third kappa shape index (κ3) is 2.61. The lowest BCUT2D eigenvalue weighted by Gasteiger charge is -2.13. The zero-order valence-electron chi connectivity index (χ0n) is 8.58. The number of carbonyl (C=O) groups excluding carboxylic acids is 1. The van der Waals surface area contributed by atoms with E-state index >= 15 is 0 Å². The van der Waals surface area contributed by atoms with E-state index in [1.807, 2.05) is 0 Å². The Bertz CT molecular complexity index is 544. The SMILES string of the molecule is NS(=O)(=O)C1CC(=O)N(c2ccc(Br)nn2)C1. The van der Waals surface area contributed by atoms with Crippen molar-refractivity contribution in [1.82, 2.24) is 10.2 Å². The highest BCUT2D eigenvalue weighted by Gasteiger charge is 2.37. The number of nitrogens with zero attached hydrogens (tertiary/aromatic N) is 3. The molecule has 0 spiro atoms. The van der Waals surface area contributed by atoms with Gasteiger partial charge in [-0.1, -0.05) is 0 Å². The lowest BCUT2D eigenvalue weighted by Crippen LogP contribution is -2.32. The summed E-state index contributed by atoms with van der Waals surface area (Å²) in [5, 5.41) is 11.7. The minimum Gasteiger partial charge on any atom is -0.294 e. The number of anilines is 1. The summed E-state index contributed by atoms with van der Waals surface area (Å²) in [6, 6.07) is 3.21. The molecule has 2 heterocycles. The van der Waals surface area contributed by atoms with Gasteiger partial charge in [-0.25, -0.2) is 13.6 Å². The van der Waals surface area contributed by atoms with Gasteiger partial charge in [0.1, 0.15) is 9.85 Å². The standard InChI is InChI=1S/C8H9BrN4O3S/c9-6-1-2-7(12-11-6)13-4-5(3-8(13)14)17(10,15)16/h1-2,5H,3-4H2,(H2,10,15,16). The maximum Gasteiger partial charge on any atom is 0.229 e. The highest BCUT2D eigenvalue weighted by Crippen LogP contribution is 2.22. The number of hydrogen-bond acceptors (Lipinski definition) is 5. The molecule has 1 saturated heterocycles. The largest absolute Gasteiger partial charge is 0.294 e. The number of primary sulfonamides is 1. The molecule has 1 unspecified atom stereocenters. The van der Waals surface area contributed by atoms with Crippen molar-refractivity contribution < 1.29 is 13.2 Å². The van der Waals surface area contributed by atoms with Gasteiger partial charge < -0.3 is 0 Å². The molecular formula is C8H9BrN4O3S. The molecule has 1 fully saturated rings. The van der Waals surface area contributed by atoms with E-state index in [4.69, 9.17) is 5.14 Å². The Balaban J connectivity index is 2.24. The lowest BCUT2D eigenvalue weighted by molar-refractivity contribution is -0.117. The van der Waals surface area contributed by atoms with Crippen molar-refractivity contribution in [3.63, 3.8) is 0 Å². The summed E-state index contributed by atoms with van der Waals surface area (Å²) < 4.78 is 22.9. The molecule has 0 radical (unpaired) electrons. The molecule has 0 aromatic carbocycles. The summed E-state index contributed by atoms with van der Waals surface area (Å²) in [7, 11) is -3.70. The van der Waals surface area contributed by atoms with E-state index in [-0.39, 0.29) is 18.9 Å². The summed E-state index contributed by atoms with van der Waals surface area (Å²) in [6.07, 6.45) is -0.115. The summed E-state index contributed by atoms with van der Waals surface area (Å²) in [4.78, 5) is 12.9. The Morgan fingerprint density at radius 3 is 2.59 bits per heavy atom. The fraction of sp³-hybridized carbons (Fsp3) is 0.375. The molecule has 1 aromatic rings. The first-order chi connectivity index (χ1) is 7.88. The van der Waals surface area contributed by atoms with Crippen LogP contribution in [0.2, 0.25) is 0 Å². The van der Waals surface area contributed by atoms with Crippen molar-refractivity contribution in [2.24, 2.45) is 5.14 Å². The number of nitrogens with two attached hydrogens (primary N) is 1. The second kappa shape index (κ2) is 4.31. The maximum atomic E-state index is 11.6. The molecular weight excluding hydrogens is 312 g/mol. The summed E-state index contributed by atoms with van der Waals surface area (Å²) in [5.74, 6) is 0.00463. The van der Waals surface area contributed by atoms with Crippen molar-refractivity contribution in [2.75, 3.05) is 11.4 Å². The molecule has 1 aromatic heterocycles. The molecule has 2 rings (SSSR count). The first-order valence-corrected chi connectivity index (χ1v) is 7.09. The molecule has 9 heteroatoms. The minimum atomic E-state index is -3.70. The fourth-order valence-corrected chi connectivity index (χ4v) is 2.51. The zero-order chi connectivity index (χ0) is 12.6. The van der Waals surface area contributed by atoms with Crippen LogP contribution in [0.1, 0.15) is 6.42 Å². The Hall–Kier alpha value is -1.06. The van der Waals surface area contributed by atoms with Gasteiger partial charge in [0.05, 0.1) is 0 Å². The van der Waals surface area contributed by atoms with Gasteiger partial charge in [-0.15, -0.1) is 10.2 Å². The molecule has 0 aliphatic carbocycles. The number of hydrogen-bond donors (Lipinski definition) is 1. The number of halogens is 1. The van der Waals surface area contributed by atoms with Gasteiger partial charge in [0.2, 0.25) is 15.9 Å². The molecule has 1 aliphatic rings. The number of rotatable bonds is 2. The van der Waals surface area contributed by atoms with Gasteiger partial charge in [0.15, 0.2) is 5.82 Å². The number of sulfonamides is 1. The smallest absolute Gasteiger partial charge is 0.229 e. The summed E-state index contributed by atoms with van der Waals surface area (Å²) in [5.41, 5.74) is 0. The first kappa shape index (κ1) is 12.4. The van der Waals surface area contributed by atoms with Crippen LogP contribution >= 0.6 is 15.9 Å². The van der Waals surface area contributed by atoms with Crippen molar-refractivity contribution in [2.45, 2.75) is 11.7 Å². The number of carbonyl (C=O) groups is 1. The van der Waals surface area contributed by atoms with Crippen molar-refractivity contribution in [3.05, 3.63) is 16.7 Å². The Morgan fingerprint density at radius 1 is 1.41 bits per heavy atom. The van der Waals surface area contributed by atoms with E-state index in [1.165, 1.54) is 4.90 Å². The quantitative estimate of drug-likeness (QED) is 0.800. The maximum absolute atomic E-state index is 11.6. The Morgan fingerprint density at radius 2 is 2.12 bits per heavy atom. The third-order valence-electron chi connectivity index (χ3n) is 2.45. The molecule has 7 nitrogen and oxygen atoms in total. The minimum absolute atomic E-state index is 0.0218. The van der Waals surface area contributed by atoms with Gasteiger partial charge >= 0.3 is 0 Å². The van der Waals surface area contributed by atoms with Crippen LogP contribution in [-0.4, -0.2) is 36.3 Å². The predicted molar refractivity (Wildman–Crippen MR) is 63.6 cm³/mol. The van der Waals surface area contributed by atoms with E-state index < -0.39 is 15.3 Å². The third-order valence-corrected chi connectivity index (χ3v) is 4.12. The van der Waals surface area contributed by atoms with E-state index in [1.54, 1.807) is 12.1 Å². The second-order valence-corrected chi connectivity index (χ2v) is 6.29. The van der Waals surface area contributed by atoms with Gasteiger partial charge in [-0.2, -0.15) is 0 Å². The van der Waals surface area contributed by atoms with Crippen LogP contribution in [0.3, 0.4) is 0 Å². The normalized spacial score (nSPS) is 20.9. The first-order valence-electron chi connectivity index (χ1n) is 4.69. The average molecular weight is 321 g/mol. The molecule has 0 saturated carbocycles. The van der Waals surface area contributed by atoms with Gasteiger partial charge in [0, 0.05) is 13.0 Å². The van der Waals surface area contributed by atoms with E-state index in [9.17, 15) is 13.2 Å². The molecule has 92 valence electrons. The molecule has 2 N–H and O–H groups in total. The van der Waals surface area contributed by atoms with Gasteiger partial charge in [0.25, 0.3) is 0 Å². The topological polar surface area (TPSA) is 106 Å². The zero-order valence-corrected chi connectivity index (χ0v) is 11.0. The van der Waals surface area contributed by atoms with Gasteiger partial charge in [-0.05, 0) is 28.1 Å². The van der Waals surface area contributed by atoms with Crippen LogP contribution in [0, 0.1) is 0 Å². The van der Waals surface area contributed by atoms with Crippen LogP contribution in [0.15, 0.2) is 16.7 Å². The fourth-order valence-electron chi connectivity index (χ4n) is 1.57. The van der Waals surface area contributed by atoms with E-state index in [0.29, 0.717) is 10.4 Å². The van der Waals surface area contributed by atoms with Crippen molar-refractivity contribution >= 4 is 37.7 Å². The lowest BCUT2D eigenvalue weighted by atomic mass is 10.4. The van der Waals surface area contributed by atoms with Gasteiger partial charge in [-0.3, -0.25) is 9.69 Å². The molecule has 1 aliphatic heterocycles. The van der Waals surface area contributed by atoms with Crippen molar-refractivity contribution in [3.8, 4) is 0 Å². The Labute approximate surface area is 106 Å².